The Kier molecular flexibility index (Phi) is 5.53. The molecule has 2 aromatic heterocycles. The van der Waals surface area contributed by atoms with Crippen LogP contribution >= 0.6 is 11.3 Å². The molecule has 0 aliphatic carbocycles. The third-order valence-corrected chi connectivity index (χ3v) is 5.30. The monoisotopic (exact) mass is 389 g/mol. The minimum Gasteiger partial charge on any atom is -0.333 e. The van der Waals surface area contributed by atoms with Gasteiger partial charge in [0.05, 0.1) is 12.2 Å². The number of thiophene rings is 1. The fourth-order valence-corrected chi connectivity index (χ4v) is 3.71. The standard InChI is InChI=1S/C21H19N5OS/c27-21(18-8-4-9-19(14-18)26-16-22-23-24-26)25(15-20-10-5-13-28-20)12-11-17-6-2-1-3-7-17/h1-10,13-14,16H,11-12,15H2. The second-order valence-electron chi connectivity index (χ2n) is 6.35. The molecule has 0 N–H and O–H groups in total. The van der Waals surface area contributed by atoms with Crippen molar-refractivity contribution in [1.82, 2.24) is 25.1 Å². The van der Waals surface area contributed by atoms with Gasteiger partial charge in [0.2, 0.25) is 0 Å². The number of benzene rings is 2. The molecule has 0 saturated carbocycles. The van der Waals surface area contributed by atoms with E-state index in [4.69, 9.17) is 0 Å². The van der Waals surface area contributed by atoms with E-state index in [1.807, 2.05) is 58.8 Å². The number of rotatable bonds is 7. The number of aromatic nitrogens is 4. The van der Waals surface area contributed by atoms with Gasteiger partial charge < -0.3 is 4.90 Å². The Bertz CT molecular complexity index is 1020. The summed E-state index contributed by atoms with van der Waals surface area (Å²) in [4.78, 5) is 16.3. The summed E-state index contributed by atoms with van der Waals surface area (Å²) in [7, 11) is 0. The van der Waals surface area contributed by atoms with Crippen molar-refractivity contribution >= 4 is 17.2 Å². The molecular formula is C21H19N5OS. The number of tetrazole rings is 1. The van der Waals surface area contributed by atoms with Crippen LogP contribution in [0.25, 0.3) is 5.69 Å². The Morgan fingerprint density at radius 3 is 2.68 bits per heavy atom. The zero-order chi connectivity index (χ0) is 19.2. The first-order valence-electron chi connectivity index (χ1n) is 8.98. The van der Waals surface area contributed by atoms with Gasteiger partial charge in [0.15, 0.2) is 0 Å². The Balaban J connectivity index is 1.56. The van der Waals surface area contributed by atoms with Crippen molar-refractivity contribution in [2.75, 3.05) is 6.54 Å². The van der Waals surface area contributed by atoms with Gasteiger partial charge in [-0.2, -0.15) is 0 Å². The molecule has 0 unspecified atom stereocenters. The first kappa shape index (κ1) is 18.1. The lowest BCUT2D eigenvalue weighted by Gasteiger charge is -2.22. The maximum absolute atomic E-state index is 13.3. The lowest BCUT2D eigenvalue weighted by molar-refractivity contribution is 0.0746. The molecule has 2 aromatic carbocycles. The quantitative estimate of drug-likeness (QED) is 0.484. The van der Waals surface area contributed by atoms with Crippen LogP contribution in [0, 0.1) is 0 Å². The van der Waals surface area contributed by atoms with Gasteiger partial charge in [-0.3, -0.25) is 4.79 Å². The molecule has 7 heteroatoms. The van der Waals surface area contributed by atoms with E-state index in [2.05, 4.69) is 33.7 Å². The van der Waals surface area contributed by atoms with E-state index < -0.39 is 0 Å². The highest BCUT2D eigenvalue weighted by Gasteiger charge is 2.17. The van der Waals surface area contributed by atoms with E-state index in [0.717, 1.165) is 17.0 Å². The van der Waals surface area contributed by atoms with Gasteiger partial charge in [0, 0.05) is 17.0 Å². The lowest BCUT2D eigenvalue weighted by atomic mass is 10.1. The van der Waals surface area contributed by atoms with E-state index in [0.29, 0.717) is 18.7 Å². The largest absolute Gasteiger partial charge is 0.333 e. The average Bonchev–Trinajstić information content (AvgIpc) is 3.46. The van der Waals surface area contributed by atoms with Crippen molar-refractivity contribution in [3.05, 3.63) is 94.4 Å². The molecule has 0 aliphatic rings. The van der Waals surface area contributed by atoms with E-state index in [9.17, 15) is 4.79 Å². The number of nitrogens with zero attached hydrogens (tertiary/aromatic N) is 5. The highest BCUT2D eigenvalue weighted by Crippen LogP contribution is 2.17. The van der Waals surface area contributed by atoms with Crippen molar-refractivity contribution in [2.24, 2.45) is 0 Å². The van der Waals surface area contributed by atoms with Crippen molar-refractivity contribution in [2.45, 2.75) is 13.0 Å². The molecule has 0 atom stereocenters. The molecule has 2 heterocycles. The summed E-state index contributed by atoms with van der Waals surface area (Å²) in [5, 5.41) is 13.3. The molecule has 1 amide bonds. The minimum absolute atomic E-state index is 0.000689. The first-order valence-corrected chi connectivity index (χ1v) is 9.86. The van der Waals surface area contributed by atoms with Gasteiger partial charge in [0.25, 0.3) is 5.91 Å². The summed E-state index contributed by atoms with van der Waals surface area (Å²) in [6, 6.07) is 21.7. The summed E-state index contributed by atoms with van der Waals surface area (Å²) in [5.74, 6) is -0.000689. The van der Waals surface area contributed by atoms with Crippen molar-refractivity contribution < 1.29 is 4.79 Å². The van der Waals surface area contributed by atoms with Crippen LogP contribution in [0.4, 0.5) is 0 Å². The predicted octanol–water partition coefficient (Wildman–Crippen LogP) is 3.61. The predicted molar refractivity (Wildman–Crippen MR) is 108 cm³/mol. The smallest absolute Gasteiger partial charge is 0.254 e. The van der Waals surface area contributed by atoms with Crippen LogP contribution < -0.4 is 0 Å². The molecule has 4 rings (SSSR count). The fourth-order valence-electron chi connectivity index (χ4n) is 3.00. The van der Waals surface area contributed by atoms with Crippen LogP contribution in [-0.2, 0) is 13.0 Å². The Hall–Kier alpha value is -3.32. The highest BCUT2D eigenvalue weighted by atomic mass is 32.1. The molecule has 0 saturated heterocycles. The third kappa shape index (κ3) is 4.32. The first-order chi connectivity index (χ1) is 13.8. The molecule has 0 fully saturated rings. The van der Waals surface area contributed by atoms with Crippen LogP contribution in [0.5, 0.6) is 0 Å². The van der Waals surface area contributed by atoms with Gasteiger partial charge in [0.1, 0.15) is 6.33 Å². The topological polar surface area (TPSA) is 63.9 Å². The SMILES string of the molecule is O=C(c1cccc(-n2cnnn2)c1)N(CCc1ccccc1)Cc1cccs1. The second-order valence-corrected chi connectivity index (χ2v) is 7.38. The van der Waals surface area contributed by atoms with Gasteiger partial charge >= 0.3 is 0 Å². The van der Waals surface area contributed by atoms with Crippen LogP contribution in [0.1, 0.15) is 20.8 Å². The molecule has 4 aromatic rings. The van der Waals surface area contributed by atoms with Gasteiger partial charge in [-0.05, 0) is 52.1 Å². The summed E-state index contributed by atoms with van der Waals surface area (Å²) in [5.41, 5.74) is 2.60. The van der Waals surface area contributed by atoms with Crippen LogP contribution in [-0.4, -0.2) is 37.6 Å². The molecule has 6 nitrogen and oxygen atoms in total. The second kappa shape index (κ2) is 8.58. The zero-order valence-electron chi connectivity index (χ0n) is 15.2. The van der Waals surface area contributed by atoms with Crippen molar-refractivity contribution in [3.8, 4) is 5.69 Å². The molecule has 0 spiro atoms. The van der Waals surface area contributed by atoms with E-state index in [1.165, 1.54) is 11.9 Å². The Morgan fingerprint density at radius 1 is 1.04 bits per heavy atom. The highest BCUT2D eigenvalue weighted by molar-refractivity contribution is 7.09. The fraction of sp³-hybridized carbons (Fsp3) is 0.143. The average molecular weight is 389 g/mol. The summed E-state index contributed by atoms with van der Waals surface area (Å²) in [6.07, 6.45) is 2.33. The van der Waals surface area contributed by atoms with E-state index in [-0.39, 0.29) is 5.91 Å². The summed E-state index contributed by atoms with van der Waals surface area (Å²) < 4.78 is 1.55. The number of hydrogen-bond acceptors (Lipinski definition) is 5. The van der Waals surface area contributed by atoms with Crippen LogP contribution in [0.2, 0.25) is 0 Å². The van der Waals surface area contributed by atoms with Gasteiger partial charge in [-0.25, -0.2) is 4.68 Å². The zero-order valence-corrected chi connectivity index (χ0v) is 16.0. The third-order valence-electron chi connectivity index (χ3n) is 4.43. The molecule has 0 aliphatic heterocycles. The van der Waals surface area contributed by atoms with E-state index >= 15 is 0 Å². The Morgan fingerprint density at radius 2 is 1.93 bits per heavy atom. The molecule has 140 valence electrons. The number of carbonyl (C=O) groups is 1. The van der Waals surface area contributed by atoms with Gasteiger partial charge in [-0.1, -0.05) is 42.5 Å². The lowest BCUT2D eigenvalue weighted by Crippen LogP contribution is -2.32. The maximum Gasteiger partial charge on any atom is 0.254 e. The van der Waals surface area contributed by atoms with Crippen LogP contribution in [0.15, 0.2) is 78.4 Å². The number of amides is 1. The summed E-state index contributed by atoms with van der Waals surface area (Å²) in [6.45, 7) is 1.24. The Labute approximate surface area is 167 Å². The normalized spacial score (nSPS) is 10.7. The number of carbonyl (C=O) groups excluding carboxylic acids is 1. The van der Waals surface area contributed by atoms with Gasteiger partial charge in [-0.15, -0.1) is 16.4 Å². The van der Waals surface area contributed by atoms with E-state index in [1.54, 1.807) is 16.0 Å². The molecule has 28 heavy (non-hydrogen) atoms. The molecule has 0 radical (unpaired) electrons. The van der Waals surface area contributed by atoms with Crippen molar-refractivity contribution in [1.29, 1.82) is 0 Å². The minimum atomic E-state index is -0.000689. The maximum atomic E-state index is 13.3. The molecular weight excluding hydrogens is 370 g/mol. The molecule has 0 bridgehead atoms. The van der Waals surface area contributed by atoms with Crippen molar-refractivity contribution in [3.63, 3.8) is 0 Å². The number of hydrogen-bond donors (Lipinski definition) is 0. The summed E-state index contributed by atoms with van der Waals surface area (Å²) >= 11 is 1.66. The van der Waals surface area contributed by atoms with Crippen LogP contribution in [0.3, 0.4) is 0 Å².